The second kappa shape index (κ2) is 5.78. The number of aromatic amines is 1. The van der Waals surface area contributed by atoms with Crippen LogP contribution in [0.25, 0.3) is 0 Å². The minimum atomic E-state index is -0.946. The van der Waals surface area contributed by atoms with Gasteiger partial charge in [-0.1, -0.05) is 27.7 Å². The van der Waals surface area contributed by atoms with Crippen molar-refractivity contribution in [2.24, 2.45) is 5.92 Å². The topological polar surface area (TPSA) is 65.1 Å². The lowest BCUT2D eigenvalue weighted by molar-refractivity contribution is 0.0194. The molecule has 108 valence electrons. The molecule has 4 nitrogen and oxygen atoms in total. The summed E-state index contributed by atoms with van der Waals surface area (Å²) in [6.45, 7) is 11.5. The zero-order valence-corrected chi connectivity index (χ0v) is 12.7. The third-order valence-electron chi connectivity index (χ3n) is 3.32. The van der Waals surface area contributed by atoms with Gasteiger partial charge in [0.2, 0.25) is 0 Å². The molecule has 19 heavy (non-hydrogen) atoms. The molecule has 0 fully saturated rings. The van der Waals surface area contributed by atoms with E-state index in [2.05, 4.69) is 10.3 Å². The van der Waals surface area contributed by atoms with E-state index in [0.717, 1.165) is 5.69 Å². The number of amides is 1. The van der Waals surface area contributed by atoms with Gasteiger partial charge in [-0.3, -0.25) is 4.79 Å². The number of aromatic nitrogens is 1. The molecule has 0 radical (unpaired) electrons. The minimum Gasteiger partial charge on any atom is -0.388 e. The van der Waals surface area contributed by atoms with E-state index in [4.69, 9.17) is 0 Å². The molecule has 0 aliphatic heterocycles. The quantitative estimate of drug-likeness (QED) is 0.767. The molecule has 0 spiro atoms. The fourth-order valence-corrected chi connectivity index (χ4v) is 2.44. The summed E-state index contributed by atoms with van der Waals surface area (Å²) in [4.78, 5) is 15.5. The average molecular weight is 266 g/mol. The van der Waals surface area contributed by atoms with E-state index >= 15 is 0 Å². The Morgan fingerprint density at radius 2 is 1.89 bits per heavy atom. The zero-order valence-electron chi connectivity index (χ0n) is 12.7. The molecule has 4 heteroatoms. The second-order valence-electron chi connectivity index (χ2n) is 6.31. The first-order chi connectivity index (χ1) is 8.64. The van der Waals surface area contributed by atoms with Crippen LogP contribution in [0.5, 0.6) is 0 Å². The van der Waals surface area contributed by atoms with Gasteiger partial charge in [0.1, 0.15) is 0 Å². The fraction of sp³-hybridized carbons (Fsp3) is 0.667. The highest BCUT2D eigenvalue weighted by Gasteiger charge is 2.31. The Labute approximate surface area is 115 Å². The first-order valence-corrected chi connectivity index (χ1v) is 6.85. The third-order valence-corrected chi connectivity index (χ3v) is 3.32. The van der Waals surface area contributed by atoms with Crippen LogP contribution in [0, 0.1) is 5.92 Å². The summed E-state index contributed by atoms with van der Waals surface area (Å²) in [6.07, 6.45) is 1.78. The molecule has 1 aromatic rings. The number of carbonyl (C=O) groups excluding carboxylic acids is 1. The van der Waals surface area contributed by atoms with Crippen molar-refractivity contribution in [2.45, 2.75) is 59.1 Å². The van der Waals surface area contributed by atoms with Crippen LogP contribution in [0.15, 0.2) is 12.3 Å². The minimum absolute atomic E-state index is 0.134. The van der Waals surface area contributed by atoms with Gasteiger partial charge in [0.25, 0.3) is 5.91 Å². The molecular weight excluding hydrogens is 240 g/mol. The molecule has 0 aromatic carbocycles. The Kier molecular flexibility index (Phi) is 4.80. The van der Waals surface area contributed by atoms with Gasteiger partial charge >= 0.3 is 0 Å². The van der Waals surface area contributed by atoms with E-state index in [-0.39, 0.29) is 23.8 Å². The molecule has 0 aliphatic rings. The lowest BCUT2D eigenvalue weighted by atomic mass is 9.89. The molecule has 1 rings (SSSR count). The van der Waals surface area contributed by atoms with Gasteiger partial charge in [0.05, 0.1) is 17.2 Å². The first kappa shape index (κ1) is 15.8. The molecule has 3 N–H and O–H groups in total. The van der Waals surface area contributed by atoms with Crippen LogP contribution in [0.3, 0.4) is 0 Å². The van der Waals surface area contributed by atoms with E-state index < -0.39 is 5.60 Å². The monoisotopic (exact) mass is 266 g/mol. The molecule has 0 saturated carbocycles. The summed E-state index contributed by atoms with van der Waals surface area (Å²) in [6, 6.07) is 1.50. The van der Waals surface area contributed by atoms with Crippen LogP contribution in [-0.4, -0.2) is 27.6 Å². The van der Waals surface area contributed by atoms with E-state index in [1.54, 1.807) is 26.1 Å². The Morgan fingerprint density at radius 3 is 2.32 bits per heavy atom. The fourth-order valence-electron chi connectivity index (χ4n) is 2.44. The molecule has 1 atom stereocenters. The summed E-state index contributed by atoms with van der Waals surface area (Å²) < 4.78 is 0. The Hall–Kier alpha value is -1.29. The molecule has 1 aromatic heterocycles. The van der Waals surface area contributed by atoms with Gasteiger partial charge in [0.15, 0.2) is 0 Å². The predicted molar refractivity (Wildman–Crippen MR) is 77.3 cm³/mol. The number of carbonyl (C=O) groups is 1. The Morgan fingerprint density at radius 1 is 1.32 bits per heavy atom. The van der Waals surface area contributed by atoms with Crippen molar-refractivity contribution in [3.05, 3.63) is 23.5 Å². The van der Waals surface area contributed by atoms with Gasteiger partial charge in [-0.15, -0.1) is 0 Å². The molecule has 0 unspecified atom stereocenters. The average Bonchev–Trinajstić information content (AvgIpc) is 2.72. The van der Waals surface area contributed by atoms with Crippen LogP contribution in [0.4, 0.5) is 0 Å². The van der Waals surface area contributed by atoms with Crippen LogP contribution in [0.1, 0.15) is 63.5 Å². The van der Waals surface area contributed by atoms with Crippen molar-refractivity contribution in [1.29, 1.82) is 0 Å². The second-order valence-corrected chi connectivity index (χ2v) is 6.31. The van der Waals surface area contributed by atoms with Crippen molar-refractivity contribution < 1.29 is 9.90 Å². The number of nitrogens with one attached hydrogen (secondary N) is 2. The van der Waals surface area contributed by atoms with Gasteiger partial charge in [-0.2, -0.15) is 0 Å². The summed E-state index contributed by atoms with van der Waals surface area (Å²) in [5.74, 6) is 0.284. The summed E-state index contributed by atoms with van der Waals surface area (Å²) in [5.41, 5.74) is 0.638. The number of hydrogen-bond donors (Lipinski definition) is 3. The SMILES string of the molecule is CC(C)c1[nH]ccc1C(=O)N[C@@H](C(C)C)C(C)(C)O. The highest BCUT2D eigenvalue weighted by Crippen LogP contribution is 2.20. The van der Waals surface area contributed by atoms with Crippen LogP contribution >= 0.6 is 0 Å². The summed E-state index contributed by atoms with van der Waals surface area (Å²) >= 11 is 0. The maximum absolute atomic E-state index is 12.4. The first-order valence-electron chi connectivity index (χ1n) is 6.85. The highest BCUT2D eigenvalue weighted by atomic mass is 16.3. The van der Waals surface area contributed by atoms with E-state index in [1.807, 2.05) is 27.7 Å². The molecule has 1 heterocycles. The number of aliphatic hydroxyl groups is 1. The van der Waals surface area contributed by atoms with Crippen molar-refractivity contribution in [2.75, 3.05) is 0 Å². The molecule has 0 bridgehead atoms. The molecule has 1 amide bonds. The maximum atomic E-state index is 12.4. The molecule has 0 aliphatic carbocycles. The number of rotatable bonds is 5. The zero-order chi connectivity index (χ0) is 14.8. The maximum Gasteiger partial charge on any atom is 0.253 e. The van der Waals surface area contributed by atoms with Gasteiger partial charge in [0, 0.05) is 11.9 Å². The lowest BCUT2D eigenvalue weighted by Crippen LogP contribution is -2.52. The van der Waals surface area contributed by atoms with Gasteiger partial charge in [-0.25, -0.2) is 0 Å². The van der Waals surface area contributed by atoms with Crippen LogP contribution in [-0.2, 0) is 0 Å². The third kappa shape index (κ3) is 3.83. The van der Waals surface area contributed by atoms with Crippen LogP contribution < -0.4 is 5.32 Å². The highest BCUT2D eigenvalue weighted by molar-refractivity contribution is 5.95. The smallest absolute Gasteiger partial charge is 0.253 e. The normalized spacial score (nSPS) is 13.9. The van der Waals surface area contributed by atoms with Crippen LogP contribution in [0.2, 0.25) is 0 Å². The van der Waals surface area contributed by atoms with Crippen molar-refractivity contribution in [3.63, 3.8) is 0 Å². The summed E-state index contributed by atoms with van der Waals surface area (Å²) in [7, 11) is 0. The van der Waals surface area contributed by atoms with E-state index in [0.29, 0.717) is 5.56 Å². The lowest BCUT2D eigenvalue weighted by Gasteiger charge is -2.33. The predicted octanol–water partition coefficient (Wildman–Crippen LogP) is 2.66. The van der Waals surface area contributed by atoms with E-state index in [9.17, 15) is 9.90 Å². The Balaban J connectivity index is 2.92. The van der Waals surface area contributed by atoms with Crippen molar-refractivity contribution in [1.82, 2.24) is 10.3 Å². The van der Waals surface area contributed by atoms with Crippen molar-refractivity contribution >= 4 is 5.91 Å². The summed E-state index contributed by atoms with van der Waals surface area (Å²) in [5, 5.41) is 13.1. The Bertz CT molecular complexity index is 428. The van der Waals surface area contributed by atoms with Gasteiger partial charge in [-0.05, 0) is 31.7 Å². The van der Waals surface area contributed by atoms with Gasteiger partial charge < -0.3 is 15.4 Å². The van der Waals surface area contributed by atoms with E-state index in [1.165, 1.54) is 0 Å². The largest absolute Gasteiger partial charge is 0.388 e. The standard InChI is InChI=1S/C15H26N2O2/c1-9(2)12-11(7-8-16-12)14(18)17-13(10(3)4)15(5,6)19/h7-10,13,16,19H,1-6H3,(H,17,18)/t13-/m0/s1. The number of H-pyrrole nitrogens is 1. The number of hydrogen-bond acceptors (Lipinski definition) is 2. The molecular formula is C15H26N2O2. The molecule has 0 saturated heterocycles. The van der Waals surface area contributed by atoms with Crippen molar-refractivity contribution in [3.8, 4) is 0 Å².